The van der Waals surface area contributed by atoms with E-state index in [0.717, 1.165) is 37.7 Å². The van der Waals surface area contributed by atoms with Crippen LogP contribution in [0.4, 0.5) is 0 Å². The second-order valence-electron chi connectivity index (χ2n) is 9.35. The molecule has 1 saturated carbocycles. The Morgan fingerprint density at radius 2 is 1.83 bits per heavy atom. The lowest BCUT2D eigenvalue weighted by Crippen LogP contribution is -2.38. The zero-order chi connectivity index (χ0) is 25.4. The van der Waals surface area contributed by atoms with Crippen LogP contribution in [-0.4, -0.2) is 43.1 Å². The predicted octanol–water partition coefficient (Wildman–Crippen LogP) is 3.15. The van der Waals surface area contributed by atoms with Crippen molar-refractivity contribution in [1.82, 2.24) is 14.2 Å². The number of ether oxygens (including phenoxy) is 2. The fraction of sp³-hybridized carbons (Fsp3) is 0.385. The first-order valence-corrected chi connectivity index (χ1v) is 13.5. The quantitative estimate of drug-likeness (QED) is 0.545. The number of nitrogens with zero attached hydrogens (tertiary/aromatic N) is 2. The van der Waals surface area contributed by atoms with Gasteiger partial charge in [-0.2, -0.15) is 4.31 Å². The molecule has 1 fully saturated rings. The topological polar surface area (TPSA) is 107 Å². The van der Waals surface area contributed by atoms with Gasteiger partial charge in [-0.25, -0.2) is 8.42 Å². The average Bonchev–Trinajstić information content (AvgIpc) is 3.37. The van der Waals surface area contributed by atoms with Crippen molar-refractivity contribution in [2.24, 2.45) is 7.05 Å². The summed E-state index contributed by atoms with van der Waals surface area (Å²) >= 11 is 0. The molecular weight excluding hydrogens is 482 g/mol. The van der Waals surface area contributed by atoms with E-state index < -0.39 is 21.4 Å². The molecule has 190 valence electrons. The Morgan fingerprint density at radius 3 is 2.61 bits per heavy atom. The van der Waals surface area contributed by atoms with Crippen LogP contribution in [0.25, 0.3) is 10.9 Å². The molecule has 2 heterocycles. The number of carbonyl (C=O) groups is 1. The standard InChI is InChI=1S/C26H29N3O6S/c1-28-15-21(26(31)27-14-17-8-11-23-24(12-17)35-16-34-23)25(30)20-13-19(9-10-22(20)28)36(32,33)29(2)18-6-4-3-5-7-18/h8-13,15,18H,3-7,14,16H2,1-2H3,(H,27,31). The van der Waals surface area contributed by atoms with Crippen LogP contribution in [0, 0.1) is 0 Å². The first kappa shape index (κ1) is 24.3. The lowest BCUT2D eigenvalue weighted by atomic mass is 9.96. The molecule has 10 heteroatoms. The highest BCUT2D eigenvalue weighted by molar-refractivity contribution is 7.89. The summed E-state index contributed by atoms with van der Waals surface area (Å²) < 4.78 is 40.5. The van der Waals surface area contributed by atoms with Gasteiger partial charge in [0.15, 0.2) is 11.5 Å². The molecule has 0 saturated heterocycles. The lowest BCUT2D eigenvalue weighted by molar-refractivity contribution is 0.0949. The van der Waals surface area contributed by atoms with Crippen molar-refractivity contribution >= 4 is 26.8 Å². The third-order valence-electron chi connectivity index (χ3n) is 7.06. The van der Waals surface area contributed by atoms with Gasteiger partial charge >= 0.3 is 0 Å². The number of rotatable bonds is 6. The Balaban J connectivity index is 1.42. The first-order valence-electron chi connectivity index (χ1n) is 12.0. The number of sulfonamides is 1. The van der Waals surface area contributed by atoms with E-state index >= 15 is 0 Å². The van der Waals surface area contributed by atoms with Crippen LogP contribution in [0.3, 0.4) is 0 Å². The molecule has 0 atom stereocenters. The van der Waals surface area contributed by atoms with Crippen molar-refractivity contribution in [1.29, 1.82) is 0 Å². The van der Waals surface area contributed by atoms with E-state index in [1.54, 1.807) is 36.9 Å². The summed E-state index contributed by atoms with van der Waals surface area (Å²) in [7, 11) is -0.456. The van der Waals surface area contributed by atoms with Gasteiger partial charge in [0, 0.05) is 38.3 Å². The average molecular weight is 512 g/mol. The minimum atomic E-state index is -3.78. The highest BCUT2D eigenvalue weighted by Gasteiger charge is 2.29. The summed E-state index contributed by atoms with van der Waals surface area (Å²) in [6.45, 7) is 0.351. The number of nitrogens with one attached hydrogen (secondary N) is 1. The van der Waals surface area contributed by atoms with Crippen LogP contribution < -0.4 is 20.2 Å². The maximum absolute atomic E-state index is 13.3. The van der Waals surface area contributed by atoms with Gasteiger partial charge in [-0.05, 0) is 48.7 Å². The minimum Gasteiger partial charge on any atom is -0.454 e. The number of amides is 1. The van der Waals surface area contributed by atoms with Crippen molar-refractivity contribution in [3.63, 3.8) is 0 Å². The van der Waals surface area contributed by atoms with Gasteiger partial charge in [0.2, 0.25) is 22.2 Å². The third-order valence-corrected chi connectivity index (χ3v) is 8.97. The van der Waals surface area contributed by atoms with Crippen LogP contribution >= 0.6 is 0 Å². The number of fused-ring (bicyclic) bond motifs is 2. The molecule has 2 aliphatic rings. The number of aromatic nitrogens is 1. The molecule has 0 spiro atoms. The van der Waals surface area contributed by atoms with Gasteiger partial charge in [-0.3, -0.25) is 9.59 Å². The predicted molar refractivity (Wildman–Crippen MR) is 135 cm³/mol. The van der Waals surface area contributed by atoms with Crippen LogP contribution in [0.15, 0.2) is 52.3 Å². The smallest absolute Gasteiger partial charge is 0.257 e. The van der Waals surface area contributed by atoms with Crippen molar-refractivity contribution in [3.05, 3.63) is 63.9 Å². The number of pyridine rings is 1. The summed E-state index contributed by atoms with van der Waals surface area (Å²) in [5, 5.41) is 2.96. The van der Waals surface area contributed by atoms with Crippen LogP contribution in [0.1, 0.15) is 48.0 Å². The number of carbonyl (C=O) groups excluding carboxylic acids is 1. The normalized spacial score (nSPS) is 16.0. The molecule has 2 aromatic carbocycles. The summed E-state index contributed by atoms with van der Waals surface area (Å²) in [6, 6.07) is 9.84. The van der Waals surface area contributed by atoms with E-state index in [1.807, 2.05) is 6.07 Å². The van der Waals surface area contributed by atoms with Crippen molar-refractivity contribution in [3.8, 4) is 11.5 Å². The van der Waals surface area contributed by atoms with Crippen molar-refractivity contribution < 1.29 is 22.7 Å². The molecule has 36 heavy (non-hydrogen) atoms. The number of hydrogen-bond donors (Lipinski definition) is 1. The van der Waals surface area contributed by atoms with Gasteiger partial charge in [0.05, 0.1) is 10.4 Å². The van der Waals surface area contributed by atoms with E-state index in [1.165, 1.54) is 22.6 Å². The summed E-state index contributed by atoms with van der Waals surface area (Å²) in [5.74, 6) is 0.714. The molecule has 3 aromatic rings. The zero-order valence-corrected chi connectivity index (χ0v) is 21.1. The molecule has 1 aromatic heterocycles. The molecule has 0 unspecified atom stereocenters. The maximum Gasteiger partial charge on any atom is 0.257 e. The maximum atomic E-state index is 13.3. The summed E-state index contributed by atoms with van der Waals surface area (Å²) in [6.07, 6.45) is 6.27. The molecule has 1 amide bonds. The van der Waals surface area contributed by atoms with E-state index in [2.05, 4.69) is 5.32 Å². The highest BCUT2D eigenvalue weighted by Crippen LogP contribution is 2.32. The van der Waals surface area contributed by atoms with Crippen LogP contribution in [0.2, 0.25) is 0 Å². The number of aryl methyl sites for hydroxylation is 1. The van der Waals surface area contributed by atoms with Crippen LogP contribution in [0.5, 0.6) is 11.5 Å². The van der Waals surface area contributed by atoms with Crippen LogP contribution in [-0.2, 0) is 23.6 Å². The second kappa shape index (κ2) is 9.59. The molecular formula is C26H29N3O6S. The molecule has 0 bridgehead atoms. The molecule has 1 aliphatic heterocycles. The molecule has 5 rings (SSSR count). The second-order valence-corrected chi connectivity index (χ2v) is 11.3. The zero-order valence-electron chi connectivity index (χ0n) is 20.3. The number of benzene rings is 2. The Labute approximate surface area is 209 Å². The third kappa shape index (κ3) is 4.46. The van der Waals surface area contributed by atoms with Crippen molar-refractivity contribution in [2.75, 3.05) is 13.8 Å². The number of hydrogen-bond acceptors (Lipinski definition) is 6. The Morgan fingerprint density at radius 1 is 1.08 bits per heavy atom. The van der Waals surface area contributed by atoms with Gasteiger partial charge in [-0.1, -0.05) is 25.3 Å². The first-order chi connectivity index (χ1) is 17.3. The highest BCUT2D eigenvalue weighted by atomic mass is 32.2. The molecule has 0 radical (unpaired) electrons. The lowest BCUT2D eigenvalue weighted by Gasteiger charge is -2.30. The fourth-order valence-corrected chi connectivity index (χ4v) is 6.37. The monoisotopic (exact) mass is 511 g/mol. The van der Waals surface area contributed by atoms with E-state index in [9.17, 15) is 18.0 Å². The largest absolute Gasteiger partial charge is 0.454 e. The molecule has 1 aliphatic carbocycles. The summed E-state index contributed by atoms with van der Waals surface area (Å²) in [5.41, 5.74) is 0.778. The van der Waals surface area contributed by atoms with Gasteiger partial charge in [-0.15, -0.1) is 0 Å². The Kier molecular flexibility index (Phi) is 6.48. The summed E-state index contributed by atoms with van der Waals surface area (Å²) in [4.78, 5) is 26.3. The van der Waals surface area contributed by atoms with Crippen molar-refractivity contribution in [2.45, 2.75) is 49.6 Å². The van der Waals surface area contributed by atoms with E-state index in [-0.39, 0.29) is 35.2 Å². The van der Waals surface area contributed by atoms with E-state index in [0.29, 0.717) is 17.0 Å². The minimum absolute atomic E-state index is 0.0458. The van der Waals surface area contributed by atoms with Gasteiger partial charge in [0.25, 0.3) is 5.91 Å². The molecule has 1 N–H and O–H groups in total. The van der Waals surface area contributed by atoms with Gasteiger partial charge < -0.3 is 19.4 Å². The SMILES string of the molecule is CN(C1CCCCC1)S(=O)(=O)c1ccc2c(c1)c(=O)c(C(=O)NCc1ccc3c(c1)OCO3)cn2C. The Bertz CT molecular complexity index is 1490. The van der Waals surface area contributed by atoms with E-state index in [4.69, 9.17) is 9.47 Å². The van der Waals surface area contributed by atoms with Gasteiger partial charge in [0.1, 0.15) is 5.56 Å². The Hall–Kier alpha value is -3.37. The molecule has 9 nitrogen and oxygen atoms in total. The fourth-order valence-electron chi connectivity index (χ4n) is 4.93.